The van der Waals surface area contributed by atoms with E-state index in [-0.39, 0.29) is 0 Å². The van der Waals surface area contributed by atoms with Gasteiger partial charge in [-0.05, 0) is 31.3 Å². The van der Waals surface area contributed by atoms with Gasteiger partial charge in [-0.15, -0.1) is 6.42 Å². The van der Waals surface area contributed by atoms with E-state index >= 15 is 0 Å². The zero-order valence-electron chi connectivity index (χ0n) is 11.2. The van der Waals surface area contributed by atoms with Crippen LogP contribution in [-0.4, -0.2) is 10.7 Å². The molecule has 0 saturated heterocycles. The molecule has 2 atom stereocenters. The van der Waals surface area contributed by atoms with Crippen molar-refractivity contribution >= 4 is 0 Å². The van der Waals surface area contributed by atoms with E-state index in [1.54, 1.807) is 13.0 Å². The van der Waals surface area contributed by atoms with Crippen LogP contribution in [0.5, 0.6) is 0 Å². The quantitative estimate of drug-likeness (QED) is 0.513. The van der Waals surface area contributed by atoms with Gasteiger partial charge in [0.15, 0.2) is 0 Å². The first-order chi connectivity index (χ1) is 7.37. The number of allylic oxidation sites excluding steroid dienone is 1. The minimum atomic E-state index is -1.09. The number of terminal acetylenes is 1. The van der Waals surface area contributed by atoms with E-state index in [1.807, 2.05) is 6.08 Å². The number of rotatable bonds is 7. The summed E-state index contributed by atoms with van der Waals surface area (Å²) in [7, 11) is 0. The highest BCUT2D eigenvalue weighted by atomic mass is 16.3. The Morgan fingerprint density at radius 3 is 2.44 bits per heavy atom. The Bertz CT molecular complexity index is 243. The molecule has 2 unspecified atom stereocenters. The molecule has 1 nitrogen and oxygen atoms in total. The molecular formula is C15H26O. The third-order valence-electron chi connectivity index (χ3n) is 2.75. The van der Waals surface area contributed by atoms with Crippen molar-refractivity contribution in [2.45, 2.75) is 59.0 Å². The van der Waals surface area contributed by atoms with Crippen molar-refractivity contribution < 1.29 is 5.11 Å². The van der Waals surface area contributed by atoms with E-state index in [0.29, 0.717) is 5.92 Å². The lowest BCUT2D eigenvalue weighted by Gasteiger charge is -2.12. The molecule has 0 saturated carbocycles. The highest BCUT2D eigenvalue weighted by Crippen LogP contribution is 2.16. The van der Waals surface area contributed by atoms with Crippen molar-refractivity contribution in [3.63, 3.8) is 0 Å². The maximum absolute atomic E-state index is 9.56. The number of hydrogen-bond donors (Lipinski definition) is 1. The summed E-state index contributed by atoms with van der Waals surface area (Å²) in [4.78, 5) is 0. The summed E-state index contributed by atoms with van der Waals surface area (Å²) in [6.07, 6.45) is 13.7. The molecule has 92 valence electrons. The highest BCUT2D eigenvalue weighted by molar-refractivity contribution is 5.16. The summed E-state index contributed by atoms with van der Waals surface area (Å²) >= 11 is 0. The lowest BCUT2D eigenvalue weighted by molar-refractivity contribution is 0.174. The summed E-state index contributed by atoms with van der Waals surface area (Å²) in [5, 5.41) is 9.56. The maximum Gasteiger partial charge on any atom is 0.141 e. The zero-order chi connectivity index (χ0) is 12.6. The van der Waals surface area contributed by atoms with Crippen LogP contribution in [0, 0.1) is 24.2 Å². The van der Waals surface area contributed by atoms with Crippen molar-refractivity contribution in [3.8, 4) is 12.3 Å². The minimum Gasteiger partial charge on any atom is -0.374 e. The van der Waals surface area contributed by atoms with Gasteiger partial charge < -0.3 is 5.11 Å². The summed E-state index contributed by atoms with van der Waals surface area (Å²) < 4.78 is 0. The van der Waals surface area contributed by atoms with Gasteiger partial charge in [0, 0.05) is 0 Å². The standard InChI is InChI=1S/C15H26O/c1-6-15(5,16)12-8-11-14(4)10-7-9-13(2)3/h1,8,12-14,16H,7,9-11H2,2-5H3/b12-8+. The van der Waals surface area contributed by atoms with E-state index in [4.69, 9.17) is 6.42 Å². The van der Waals surface area contributed by atoms with Crippen LogP contribution < -0.4 is 0 Å². The van der Waals surface area contributed by atoms with Crippen LogP contribution >= 0.6 is 0 Å². The van der Waals surface area contributed by atoms with Crippen LogP contribution in [-0.2, 0) is 0 Å². The topological polar surface area (TPSA) is 20.2 Å². The van der Waals surface area contributed by atoms with Gasteiger partial charge in [-0.1, -0.05) is 52.0 Å². The summed E-state index contributed by atoms with van der Waals surface area (Å²) in [5.74, 6) is 3.81. The lowest BCUT2D eigenvalue weighted by atomic mass is 9.96. The molecule has 1 N–H and O–H groups in total. The highest BCUT2D eigenvalue weighted by Gasteiger charge is 2.10. The van der Waals surface area contributed by atoms with Gasteiger partial charge in [-0.3, -0.25) is 0 Å². The van der Waals surface area contributed by atoms with Crippen molar-refractivity contribution in [2.24, 2.45) is 11.8 Å². The van der Waals surface area contributed by atoms with Gasteiger partial charge in [-0.2, -0.15) is 0 Å². The molecule has 0 rings (SSSR count). The van der Waals surface area contributed by atoms with Gasteiger partial charge in [0.2, 0.25) is 0 Å². The molecule has 0 fully saturated rings. The van der Waals surface area contributed by atoms with Gasteiger partial charge in [0.05, 0.1) is 0 Å². The van der Waals surface area contributed by atoms with Crippen molar-refractivity contribution in [1.29, 1.82) is 0 Å². The van der Waals surface area contributed by atoms with Gasteiger partial charge >= 0.3 is 0 Å². The number of hydrogen-bond acceptors (Lipinski definition) is 1. The fourth-order valence-electron chi connectivity index (χ4n) is 1.57. The Labute approximate surface area is 101 Å². The first-order valence-electron chi connectivity index (χ1n) is 6.25. The maximum atomic E-state index is 9.56. The van der Waals surface area contributed by atoms with Gasteiger partial charge in [0.1, 0.15) is 5.60 Å². The predicted octanol–water partition coefficient (Wildman–Crippen LogP) is 3.78. The van der Waals surface area contributed by atoms with Crippen LogP contribution in [0.3, 0.4) is 0 Å². The third kappa shape index (κ3) is 8.56. The Kier molecular flexibility index (Phi) is 7.17. The van der Waals surface area contributed by atoms with Crippen LogP contribution in [0.15, 0.2) is 12.2 Å². The number of aliphatic hydroxyl groups is 1. The molecule has 0 amide bonds. The van der Waals surface area contributed by atoms with Gasteiger partial charge in [0.25, 0.3) is 0 Å². The molecule has 0 spiro atoms. The molecule has 0 radical (unpaired) electrons. The predicted molar refractivity (Wildman–Crippen MR) is 71.1 cm³/mol. The van der Waals surface area contributed by atoms with Crippen LogP contribution in [0.1, 0.15) is 53.4 Å². The molecule has 0 aromatic heterocycles. The average molecular weight is 222 g/mol. The SMILES string of the molecule is C#CC(C)(O)/C=C/CC(C)CCCC(C)C. The molecular weight excluding hydrogens is 196 g/mol. The Hall–Kier alpha value is -0.740. The Morgan fingerprint density at radius 1 is 1.31 bits per heavy atom. The van der Waals surface area contributed by atoms with Crippen molar-refractivity contribution in [2.75, 3.05) is 0 Å². The minimum absolute atomic E-state index is 0.670. The molecule has 0 heterocycles. The van der Waals surface area contributed by atoms with Crippen molar-refractivity contribution in [1.82, 2.24) is 0 Å². The Balaban J connectivity index is 3.74. The zero-order valence-corrected chi connectivity index (χ0v) is 11.2. The lowest BCUT2D eigenvalue weighted by Crippen LogP contribution is -2.16. The average Bonchev–Trinajstić information content (AvgIpc) is 2.17. The second-order valence-corrected chi connectivity index (χ2v) is 5.36. The first-order valence-corrected chi connectivity index (χ1v) is 6.25. The summed E-state index contributed by atoms with van der Waals surface area (Å²) in [6, 6.07) is 0. The normalized spacial score (nSPS) is 17.3. The largest absolute Gasteiger partial charge is 0.374 e. The molecule has 0 aromatic carbocycles. The molecule has 0 aliphatic rings. The molecule has 0 aliphatic carbocycles. The van der Waals surface area contributed by atoms with E-state index in [0.717, 1.165) is 12.3 Å². The van der Waals surface area contributed by atoms with E-state index in [9.17, 15) is 5.11 Å². The molecule has 0 bridgehead atoms. The molecule has 16 heavy (non-hydrogen) atoms. The molecule has 0 aliphatic heterocycles. The fourth-order valence-corrected chi connectivity index (χ4v) is 1.57. The van der Waals surface area contributed by atoms with Crippen LogP contribution in [0.25, 0.3) is 0 Å². The fraction of sp³-hybridized carbons (Fsp3) is 0.733. The van der Waals surface area contributed by atoms with E-state index in [2.05, 4.69) is 26.7 Å². The summed E-state index contributed by atoms with van der Waals surface area (Å²) in [5.41, 5.74) is -1.09. The first kappa shape index (κ1) is 15.3. The Morgan fingerprint density at radius 2 is 1.94 bits per heavy atom. The van der Waals surface area contributed by atoms with Crippen LogP contribution in [0.2, 0.25) is 0 Å². The third-order valence-corrected chi connectivity index (χ3v) is 2.75. The van der Waals surface area contributed by atoms with Gasteiger partial charge in [-0.25, -0.2) is 0 Å². The van der Waals surface area contributed by atoms with E-state index < -0.39 is 5.60 Å². The van der Waals surface area contributed by atoms with Crippen LogP contribution in [0.4, 0.5) is 0 Å². The molecule has 1 heteroatoms. The second-order valence-electron chi connectivity index (χ2n) is 5.36. The second kappa shape index (κ2) is 7.52. The smallest absolute Gasteiger partial charge is 0.141 e. The molecule has 0 aromatic rings. The van der Waals surface area contributed by atoms with E-state index in [1.165, 1.54) is 19.3 Å². The van der Waals surface area contributed by atoms with Crippen molar-refractivity contribution in [3.05, 3.63) is 12.2 Å². The summed E-state index contributed by atoms with van der Waals surface area (Å²) in [6.45, 7) is 8.39. The monoisotopic (exact) mass is 222 g/mol.